The summed E-state index contributed by atoms with van der Waals surface area (Å²) in [5.74, 6) is 2.04. The number of rotatable bonds is 6. The lowest BCUT2D eigenvalue weighted by atomic mass is 9.86. The molecule has 4 aromatic rings. The fraction of sp³-hybridized carbons (Fsp3) is 0.451. The highest BCUT2D eigenvalue weighted by molar-refractivity contribution is 5.82. The number of aliphatic hydroxyl groups excluding tert-OH is 2. The molecule has 4 aromatic carbocycles. The fourth-order valence-corrected chi connectivity index (χ4v) is 5.96. The third-order valence-corrected chi connectivity index (χ3v) is 8.77. The molecule has 13 nitrogen and oxygen atoms in total. The van der Waals surface area contributed by atoms with E-state index in [1.165, 1.54) is 7.05 Å². The van der Waals surface area contributed by atoms with Gasteiger partial charge in [0.2, 0.25) is 11.9 Å². The summed E-state index contributed by atoms with van der Waals surface area (Å²) in [6.07, 6.45) is 2.15. The molecule has 0 spiro atoms. The number of aliphatic hydroxyl groups is 2. The van der Waals surface area contributed by atoms with Crippen LogP contribution in [0, 0.1) is 22.9 Å². The maximum absolute atomic E-state index is 10.8. The number of hydrogen-bond acceptors (Lipinski definition) is 9. The highest BCUT2D eigenvalue weighted by Gasteiger charge is 2.44. The normalized spacial score (nSPS) is 17.7. The maximum Gasteiger partial charge on any atom is 0.205 e. The van der Waals surface area contributed by atoms with Crippen LogP contribution in [0.25, 0.3) is 0 Å². The van der Waals surface area contributed by atoms with Gasteiger partial charge in [-0.1, -0.05) is 166 Å². The van der Waals surface area contributed by atoms with Crippen molar-refractivity contribution < 1.29 is 19.7 Å². The number of nitrogens with one attached hydrogen (secondary N) is 4. The molecule has 0 amide bonds. The lowest BCUT2D eigenvalue weighted by Crippen LogP contribution is -2.54. The maximum atomic E-state index is 10.8. The first-order valence-corrected chi connectivity index (χ1v) is 22.5. The van der Waals surface area contributed by atoms with Crippen LogP contribution in [0.3, 0.4) is 0 Å². The molecule has 0 aromatic heterocycles. The van der Waals surface area contributed by atoms with E-state index in [0.29, 0.717) is 36.5 Å². The van der Waals surface area contributed by atoms with Gasteiger partial charge in [-0.3, -0.25) is 10.6 Å². The molecule has 352 valence electrons. The molecular weight excluding hydrogens is 803 g/mol. The molecule has 0 fully saturated rings. The lowest BCUT2D eigenvalue weighted by molar-refractivity contribution is -0.0611. The van der Waals surface area contributed by atoms with Crippen molar-refractivity contribution in [2.24, 2.45) is 15.7 Å². The van der Waals surface area contributed by atoms with Crippen molar-refractivity contribution >= 4 is 11.9 Å². The summed E-state index contributed by atoms with van der Waals surface area (Å²) in [4.78, 5) is 8.91. The van der Waals surface area contributed by atoms with Gasteiger partial charge in [-0.15, -0.1) is 0 Å². The summed E-state index contributed by atoms with van der Waals surface area (Å²) in [5, 5.41) is 51.2. The van der Waals surface area contributed by atoms with Crippen LogP contribution in [0.15, 0.2) is 119 Å². The average molecular weight is 882 g/mol. The number of nitriles is 2. The van der Waals surface area contributed by atoms with Crippen molar-refractivity contribution in [3.8, 4) is 23.9 Å². The van der Waals surface area contributed by atoms with Gasteiger partial charge in [-0.25, -0.2) is 9.98 Å². The second-order valence-electron chi connectivity index (χ2n) is 13.4. The Hall–Kier alpha value is -6.12. The lowest BCUT2D eigenvalue weighted by Gasteiger charge is -2.42. The number of guanidine groups is 2. The molecule has 2 aliphatic rings. The SMILES string of the molecule is CC.CC.CC.CC.CC.CC1(C)Oc2ccccc2C(NC(=NCc2ccccc2)NC#N)C1O.CC1(C)Oc2ccccc2C(NC(=NCc2ccccc2)NC#N)C1O.CN. The molecule has 0 bridgehead atoms. The van der Waals surface area contributed by atoms with Crippen molar-refractivity contribution in [2.75, 3.05) is 7.05 Å². The average Bonchev–Trinajstić information content (AvgIpc) is 3.35. The van der Waals surface area contributed by atoms with E-state index in [2.05, 4.69) is 37.0 Å². The van der Waals surface area contributed by atoms with Crippen LogP contribution >= 0.6 is 0 Å². The van der Waals surface area contributed by atoms with Crippen molar-refractivity contribution in [3.05, 3.63) is 131 Å². The van der Waals surface area contributed by atoms with Gasteiger partial charge in [0.15, 0.2) is 12.4 Å². The minimum absolute atomic E-state index is 0.313. The van der Waals surface area contributed by atoms with E-state index in [4.69, 9.17) is 20.0 Å². The Morgan fingerprint density at radius 1 is 0.531 bits per heavy atom. The molecule has 0 aliphatic carbocycles. The Labute approximate surface area is 385 Å². The number of nitrogens with zero attached hydrogens (tertiary/aromatic N) is 4. The quantitative estimate of drug-likeness (QED) is 0.0420. The number of ether oxygens (including phenoxy) is 2. The van der Waals surface area contributed by atoms with E-state index in [-0.39, 0.29) is 0 Å². The Morgan fingerprint density at radius 2 is 0.812 bits per heavy atom. The fourth-order valence-electron chi connectivity index (χ4n) is 5.96. The van der Waals surface area contributed by atoms with Gasteiger partial charge in [0.05, 0.1) is 25.2 Å². The Morgan fingerprint density at radius 3 is 1.11 bits per heavy atom. The molecule has 13 heteroatoms. The van der Waals surface area contributed by atoms with Crippen LogP contribution < -0.4 is 36.5 Å². The summed E-state index contributed by atoms with van der Waals surface area (Å²) in [6, 6.07) is 33.7. The van der Waals surface area contributed by atoms with E-state index in [9.17, 15) is 10.2 Å². The zero-order valence-electron chi connectivity index (χ0n) is 41.2. The summed E-state index contributed by atoms with van der Waals surface area (Å²) in [6.45, 7) is 28.2. The highest BCUT2D eigenvalue weighted by Crippen LogP contribution is 2.40. The standard InChI is InChI=1S/2C20H22N4O2.5C2H6.CH5N/c2*1-20(2)18(25)17(15-10-6-7-11-16(15)26-20)24-19(23-13-21)22-12-14-8-4-3-5-9-14;6*1-2/h2*3-11,17-18,25H,12H2,1-2H3,(H2,22,23,24);5*1-2H3;2H2,1H3. The van der Waals surface area contributed by atoms with E-state index in [0.717, 1.165) is 22.3 Å². The van der Waals surface area contributed by atoms with Gasteiger partial charge in [-0.2, -0.15) is 10.5 Å². The molecule has 0 saturated heterocycles. The first-order chi connectivity index (χ1) is 31.0. The van der Waals surface area contributed by atoms with Crippen molar-refractivity contribution in [1.29, 1.82) is 10.5 Å². The first-order valence-electron chi connectivity index (χ1n) is 22.5. The summed E-state index contributed by atoms with van der Waals surface area (Å²) in [7, 11) is 1.50. The number of fused-ring (bicyclic) bond motifs is 2. The number of aliphatic imine (C=N–C) groups is 2. The van der Waals surface area contributed by atoms with E-state index in [1.54, 1.807) is 0 Å². The van der Waals surface area contributed by atoms with Crippen LogP contribution in [0.4, 0.5) is 0 Å². The monoisotopic (exact) mass is 882 g/mol. The number of hydrogen-bond donors (Lipinski definition) is 7. The highest BCUT2D eigenvalue weighted by atomic mass is 16.5. The predicted molar refractivity (Wildman–Crippen MR) is 266 cm³/mol. The number of para-hydroxylation sites is 2. The second-order valence-corrected chi connectivity index (χ2v) is 13.4. The molecule has 4 unspecified atom stereocenters. The van der Waals surface area contributed by atoms with Crippen molar-refractivity contribution in [3.63, 3.8) is 0 Å². The molecule has 2 aliphatic heterocycles. The molecule has 0 radical (unpaired) electrons. The number of nitrogens with two attached hydrogens (primary N) is 1. The van der Waals surface area contributed by atoms with Gasteiger partial charge in [0, 0.05) is 11.1 Å². The van der Waals surface area contributed by atoms with Gasteiger partial charge in [0.25, 0.3) is 0 Å². The second kappa shape index (κ2) is 34.4. The van der Waals surface area contributed by atoms with Crippen LogP contribution in [0.2, 0.25) is 0 Å². The van der Waals surface area contributed by atoms with E-state index < -0.39 is 35.5 Å². The molecule has 2 heterocycles. The summed E-state index contributed by atoms with van der Waals surface area (Å²) >= 11 is 0. The van der Waals surface area contributed by atoms with Crippen molar-refractivity contribution in [1.82, 2.24) is 21.3 Å². The molecule has 8 N–H and O–H groups in total. The van der Waals surface area contributed by atoms with Crippen LogP contribution in [-0.2, 0) is 13.1 Å². The summed E-state index contributed by atoms with van der Waals surface area (Å²) in [5.41, 5.74) is 6.66. The van der Waals surface area contributed by atoms with Gasteiger partial charge >= 0.3 is 0 Å². The third-order valence-electron chi connectivity index (χ3n) is 8.77. The van der Waals surface area contributed by atoms with Gasteiger partial charge < -0.3 is 36.1 Å². The zero-order valence-corrected chi connectivity index (χ0v) is 41.2. The molecule has 4 atom stereocenters. The van der Waals surface area contributed by atoms with E-state index >= 15 is 0 Å². The molecular formula is C51H79N9O4. The predicted octanol–water partition coefficient (Wildman–Crippen LogP) is 9.66. The zero-order chi connectivity index (χ0) is 49.1. The third kappa shape index (κ3) is 19.1. The largest absolute Gasteiger partial charge is 0.485 e. The first kappa shape index (κ1) is 60.0. The van der Waals surface area contributed by atoms with Gasteiger partial charge in [-0.05, 0) is 58.0 Å². The smallest absolute Gasteiger partial charge is 0.205 e. The minimum Gasteiger partial charge on any atom is -0.485 e. The van der Waals surface area contributed by atoms with Gasteiger partial charge in [0.1, 0.15) is 34.9 Å². The van der Waals surface area contributed by atoms with Crippen LogP contribution in [-0.4, -0.2) is 52.6 Å². The van der Waals surface area contributed by atoms with Crippen LogP contribution in [0.1, 0.15) is 131 Å². The van der Waals surface area contributed by atoms with Crippen molar-refractivity contribution in [2.45, 2.75) is 146 Å². The Kier molecular flexibility index (Phi) is 32.2. The number of benzene rings is 4. The Balaban J connectivity index is 0. The molecule has 6 rings (SSSR count). The minimum atomic E-state index is -0.820. The molecule has 0 saturated carbocycles. The van der Waals surface area contributed by atoms with Crippen LogP contribution in [0.5, 0.6) is 11.5 Å². The summed E-state index contributed by atoms with van der Waals surface area (Å²) < 4.78 is 11.8. The molecule has 64 heavy (non-hydrogen) atoms. The Bertz CT molecular complexity index is 1800. The van der Waals surface area contributed by atoms with E-state index in [1.807, 2.05) is 219 Å². The topological polar surface area (TPSA) is 205 Å².